The summed E-state index contributed by atoms with van der Waals surface area (Å²) in [6, 6.07) is 10.9. The highest BCUT2D eigenvalue weighted by atomic mass is 19.1. The first-order valence-electron chi connectivity index (χ1n) is 12.3. The van der Waals surface area contributed by atoms with Crippen molar-refractivity contribution in [1.82, 2.24) is 25.8 Å². The highest BCUT2D eigenvalue weighted by molar-refractivity contribution is 6.02. The number of aromatic nitrogens is 3. The zero-order chi connectivity index (χ0) is 26.8. The minimum absolute atomic E-state index is 0.0413. The number of H-pyrrole nitrogens is 1. The number of Topliss-reactive ketones (excluding diaryl/α,β-unsaturated/α-hetero) is 1. The Kier molecular flexibility index (Phi) is 6.87. The molecule has 2 aromatic heterocycles. The molecule has 2 amide bonds. The molecule has 10 heteroatoms. The molecule has 1 unspecified atom stereocenters. The number of nitrogens with zero attached hydrogens (tertiary/aromatic N) is 2. The van der Waals surface area contributed by atoms with Crippen LogP contribution in [-0.2, 0) is 29.0 Å². The van der Waals surface area contributed by atoms with Gasteiger partial charge in [0.2, 0.25) is 11.8 Å². The van der Waals surface area contributed by atoms with Gasteiger partial charge in [-0.3, -0.25) is 14.4 Å². The van der Waals surface area contributed by atoms with Gasteiger partial charge in [0.1, 0.15) is 5.82 Å². The van der Waals surface area contributed by atoms with Crippen molar-refractivity contribution in [1.29, 1.82) is 0 Å². The van der Waals surface area contributed by atoms with Crippen molar-refractivity contribution < 1.29 is 23.3 Å². The van der Waals surface area contributed by atoms with E-state index in [9.17, 15) is 18.8 Å². The first-order chi connectivity index (χ1) is 18.3. The quantitative estimate of drug-likeness (QED) is 0.327. The number of nitrogens with one attached hydrogen (secondary N) is 3. The summed E-state index contributed by atoms with van der Waals surface area (Å²) in [5, 5.41) is 10.2. The summed E-state index contributed by atoms with van der Waals surface area (Å²) < 4.78 is 19.7. The molecular formula is C28H26FN5O4. The van der Waals surface area contributed by atoms with Gasteiger partial charge in [-0.05, 0) is 53.8 Å². The molecule has 3 heterocycles. The number of aryl methyl sites for hydroxylation is 1. The van der Waals surface area contributed by atoms with E-state index in [0.717, 1.165) is 22.5 Å². The first-order valence-corrected chi connectivity index (χ1v) is 12.3. The molecule has 4 aromatic rings. The molecule has 0 bridgehead atoms. The third kappa shape index (κ3) is 5.10. The van der Waals surface area contributed by atoms with Crippen LogP contribution >= 0.6 is 0 Å². The summed E-state index contributed by atoms with van der Waals surface area (Å²) in [7, 11) is 0. The summed E-state index contributed by atoms with van der Waals surface area (Å²) in [5.74, 6) is -1.11. The Bertz CT molecular complexity index is 1580. The number of aromatic amines is 1. The van der Waals surface area contributed by atoms with Crippen LogP contribution in [0.15, 0.2) is 64.3 Å². The second-order valence-electron chi connectivity index (χ2n) is 9.25. The molecule has 9 nitrogen and oxygen atoms in total. The van der Waals surface area contributed by atoms with Gasteiger partial charge >= 0.3 is 0 Å². The molecule has 1 aliphatic heterocycles. The van der Waals surface area contributed by atoms with Crippen molar-refractivity contribution in [3.8, 4) is 0 Å². The van der Waals surface area contributed by atoms with E-state index in [2.05, 4.69) is 25.8 Å². The van der Waals surface area contributed by atoms with Crippen molar-refractivity contribution in [3.63, 3.8) is 0 Å². The van der Waals surface area contributed by atoms with E-state index >= 15 is 0 Å². The number of ketones is 1. The number of amides is 2. The van der Waals surface area contributed by atoms with Crippen molar-refractivity contribution in [2.24, 2.45) is 0 Å². The zero-order valence-corrected chi connectivity index (χ0v) is 20.9. The van der Waals surface area contributed by atoms with Gasteiger partial charge < -0.3 is 20.1 Å². The van der Waals surface area contributed by atoms with Crippen LogP contribution in [0.2, 0.25) is 0 Å². The number of benzene rings is 2. The number of halogens is 1. The summed E-state index contributed by atoms with van der Waals surface area (Å²) in [6.45, 7) is 3.57. The predicted octanol–water partition coefficient (Wildman–Crippen LogP) is 3.87. The van der Waals surface area contributed by atoms with Crippen LogP contribution in [0.3, 0.4) is 0 Å². The number of hydrogen-bond donors (Lipinski definition) is 3. The number of rotatable bonds is 8. The van der Waals surface area contributed by atoms with Gasteiger partial charge in [-0.25, -0.2) is 4.39 Å². The highest BCUT2D eigenvalue weighted by Crippen LogP contribution is 2.32. The van der Waals surface area contributed by atoms with E-state index in [-0.39, 0.29) is 42.5 Å². The molecule has 0 aliphatic carbocycles. The molecule has 38 heavy (non-hydrogen) atoms. The van der Waals surface area contributed by atoms with E-state index < -0.39 is 17.8 Å². The van der Waals surface area contributed by atoms with Gasteiger partial charge in [0.05, 0.1) is 18.2 Å². The topological polar surface area (TPSA) is 130 Å². The molecule has 5 rings (SSSR count). The Morgan fingerprint density at radius 2 is 2.03 bits per heavy atom. The summed E-state index contributed by atoms with van der Waals surface area (Å²) in [4.78, 5) is 46.0. The Morgan fingerprint density at radius 3 is 2.82 bits per heavy atom. The molecule has 3 N–H and O–H groups in total. The standard InChI is InChI=1S/C28H26FN5O4/c1-3-25-32-23(34-38-25)14-31-28(37)19-13-18(5-6-20(19)29)27-26(15(2)10-24(36)33-27)22(35)12-16-4-7-21-17(11-16)8-9-30-21/h4-9,11,13,27,30H,3,10,12,14H2,1-2H3,(H,31,37)(H,33,36). The van der Waals surface area contributed by atoms with Gasteiger partial charge in [-0.2, -0.15) is 4.98 Å². The Labute approximate surface area is 217 Å². The molecule has 0 radical (unpaired) electrons. The maximum Gasteiger partial charge on any atom is 0.254 e. The molecule has 0 fully saturated rings. The van der Waals surface area contributed by atoms with Gasteiger partial charge in [0, 0.05) is 36.5 Å². The van der Waals surface area contributed by atoms with Crippen LogP contribution in [0.5, 0.6) is 0 Å². The maximum atomic E-state index is 14.7. The second kappa shape index (κ2) is 10.4. The van der Waals surface area contributed by atoms with Crippen LogP contribution in [0.4, 0.5) is 4.39 Å². The van der Waals surface area contributed by atoms with Crippen molar-refractivity contribution in [2.45, 2.75) is 45.7 Å². The molecule has 194 valence electrons. The Hall–Kier alpha value is -4.60. The maximum absolute atomic E-state index is 14.7. The monoisotopic (exact) mass is 515 g/mol. The lowest BCUT2D eigenvalue weighted by Gasteiger charge is -2.28. The van der Waals surface area contributed by atoms with Crippen molar-refractivity contribution >= 4 is 28.5 Å². The fourth-order valence-corrected chi connectivity index (χ4v) is 4.67. The predicted molar refractivity (Wildman–Crippen MR) is 136 cm³/mol. The highest BCUT2D eigenvalue weighted by Gasteiger charge is 2.31. The van der Waals surface area contributed by atoms with Crippen molar-refractivity contribution in [3.05, 3.63) is 94.0 Å². The summed E-state index contributed by atoms with van der Waals surface area (Å²) in [6.07, 6.45) is 2.62. The normalized spacial score (nSPS) is 15.6. The molecular weight excluding hydrogens is 489 g/mol. The van der Waals surface area contributed by atoms with Gasteiger partial charge in [0.15, 0.2) is 11.6 Å². The lowest BCUT2D eigenvalue weighted by atomic mass is 9.85. The number of fused-ring (bicyclic) bond motifs is 1. The summed E-state index contributed by atoms with van der Waals surface area (Å²) in [5.41, 5.74) is 3.11. The van der Waals surface area contributed by atoms with E-state index in [4.69, 9.17) is 4.52 Å². The number of carbonyl (C=O) groups excluding carboxylic acids is 3. The third-order valence-corrected chi connectivity index (χ3v) is 6.55. The summed E-state index contributed by atoms with van der Waals surface area (Å²) >= 11 is 0. The molecule has 2 aromatic carbocycles. The number of carbonyl (C=O) groups is 3. The van der Waals surface area contributed by atoms with E-state index in [1.165, 1.54) is 12.1 Å². The minimum Gasteiger partial charge on any atom is -0.361 e. The zero-order valence-electron chi connectivity index (χ0n) is 20.9. The molecule has 0 saturated heterocycles. The molecule has 0 spiro atoms. The lowest BCUT2D eigenvalue weighted by molar-refractivity contribution is -0.121. The number of hydrogen-bond acceptors (Lipinski definition) is 6. The minimum atomic E-state index is -0.809. The Morgan fingerprint density at radius 1 is 1.18 bits per heavy atom. The van der Waals surface area contributed by atoms with Crippen molar-refractivity contribution in [2.75, 3.05) is 0 Å². The van der Waals surface area contributed by atoms with E-state index in [1.54, 1.807) is 6.92 Å². The third-order valence-electron chi connectivity index (χ3n) is 6.55. The SMILES string of the molecule is CCc1nc(CNC(=O)c2cc(C3NC(=O)CC(C)=C3C(=O)Cc3ccc4[nH]ccc4c3)ccc2F)no1. The van der Waals surface area contributed by atoms with Crippen LogP contribution in [0, 0.1) is 5.82 Å². The van der Waals surface area contributed by atoms with Crippen LogP contribution in [0.1, 0.15) is 59.5 Å². The van der Waals surface area contributed by atoms with E-state index in [0.29, 0.717) is 29.0 Å². The fourth-order valence-electron chi connectivity index (χ4n) is 4.67. The van der Waals surface area contributed by atoms with Gasteiger partial charge in [-0.15, -0.1) is 0 Å². The van der Waals surface area contributed by atoms with Gasteiger partial charge in [-0.1, -0.05) is 29.8 Å². The average Bonchev–Trinajstić information content (AvgIpc) is 3.56. The fraction of sp³-hybridized carbons (Fsp3) is 0.250. The molecule has 1 aliphatic rings. The Balaban J connectivity index is 1.39. The largest absolute Gasteiger partial charge is 0.361 e. The lowest BCUT2D eigenvalue weighted by Crippen LogP contribution is -2.37. The van der Waals surface area contributed by atoms with E-state index in [1.807, 2.05) is 37.4 Å². The molecule has 0 saturated carbocycles. The molecule has 1 atom stereocenters. The average molecular weight is 516 g/mol. The van der Waals surface area contributed by atoms with Crippen LogP contribution < -0.4 is 10.6 Å². The second-order valence-corrected chi connectivity index (χ2v) is 9.25. The van der Waals surface area contributed by atoms with Crippen LogP contribution in [-0.4, -0.2) is 32.7 Å². The van der Waals surface area contributed by atoms with Crippen LogP contribution in [0.25, 0.3) is 10.9 Å². The smallest absolute Gasteiger partial charge is 0.254 e. The van der Waals surface area contributed by atoms with Gasteiger partial charge in [0.25, 0.3) is 5.91 Å². The first kappa shape index (κ1) is 25.1.